The maximum absolute atomic E-state index is 5.32. The monoisotopic (exact) mass is 176 g/mol. The van der Waals surface area contributed by atoms with Crippen LogP contribution in [0.15, 0.2) is 29.8 Å². The number of ether oxygens (including phenoxy) is 1. The molecule has 70 valence electrons. The Labute approximate surface area is 80.0 Å². The molecule has 1 aromatic rings. The van der Waals surface area contributed by atoms with E-state index in [9.17, 15) is 0 Å². The Morgan fingerprint density at radius 3 is 2.00 bits per heavy atom. The third-order valence-electron chi connectivity index (χ3n) is 1.97. The van der Waals surface area contributed by atoms with E-state index in [2.05, 4.69) is 45.0 Å². The van der Waals surface area contributed by atoms with E-state index < -0.39 is 0 Å². The molecule has 0 aliphatic carbocycles. The predicted molar refractivity (Wildman–Crippen MR) is 56.5 cm³/mol. The molecule has 0 spiro atoms. The van der Waals surface area contributed by atoms with Gasteiger partial charge >= 0.3 is 0 Å². The molecule has 0 unspecified atom stereocenters. The molecular weight excluding hydrogens is 160 g/mol. The van der Waals surface area contributed by atoms with Crippen molar-refractivity contribution in [3.63, 3.8) is 0 Å². The second kappa shape index (κ2) is 4.13. The predicted octanol–water partition coefficient (Wildman–Crippen LogP) is 3.39. The number of rotatable bonds is 2. The van der Waals surface area contributed by atoms with E-state index in [4.69, 9.17) is 4.74 Å². The van der Waals surface area contributed by atoms with Crippen LogP contribution < -0.4 is 0 Å². The molecule has 0 radical (unpaired) electrons. The molecule has 0 fully saturated rings. The van der Waals surface area contributed by atoms with Crippen molar-refractivity contribution >= 4 is 5.76 Å². The van der Waals surface area contributed by atoms with Crippen LogP contribution in [0, 0.1) is 6.92 Å². The maximum Gasteiger partial charge on any atom is 0.124 e. The summed E-state index contributed by atoms with van der Waals surface area (Å²) in [6.07, 6.45) is 0. The number of allylic oxidation sites excluding steroid dienone is 1. The normalized spacial score (nSPS) is 9.54. The molecule has 1 nitrogen and oxygen atoms in total. The third kappa shape index (κ3) is 2.35. The lowest BCUT2D eigenvalue weighted by Gasteiger charge is -2.08. The van der Waals surface area contributed by atoms with E-state index in [1.165, 1.54) is 11.1 Å². The van der Waals surface area contributed by atoms with Gasteiger partial charge in [-0.25, -0.2) is 0 Å². The van der Waals surface area contributed by atoms with Gasteiger partial charge in [0.05, 0.1) is 7.11 Å². The van der Waals surface area contributed by atoms with Gasteiger partial charge in [0.25, 0.3) is 0 Å². The van der Waals surface area contributed by atoms with Gasteiger partial charge in [-0.2, -0.15) is 0 Å². The largest absolute Gasteiger partial charge is 0.496 e. The molecule has 0 amide bonds. The Kier molecular flexibility index (Phi) is 3.13. The lowest BCUT2D eigenvalue weighted by molar-refractivity contribution is 0.367. The minimum atomic E-state index is 0.972. The molecular formula is C12H16O. The summed E-state index contributed by atoms with van der Waals surface area (Å²) < 4.78 is 5.32. The molecule has 0 atom stereocenters. The highest BCUT2D eigenvalue weighted by Crippen LogP contribution is 2.19. The standard InChI is InChI=1S/C12H16O/c1-9(2)12(13-4)11-7-5-10(3)6-8-11/h5-8H,1-4H3. The fraction of sp³-hybridized carbons (Fsp3) is 0.333. The van der Waals surface area contributed by atoms with E-state index in [1.54, 1.807) is 7.11 Å². The molecule has 0 aromatic heterocycles. The van der Waals surface area contributed by atoms with E-state index in [-0.39, 0.29) is 0 Å². The van der Waals surface area contributed by atoms with Crippen molar-refractivity contribution in [1.82, 2.24) is 0 Å². The molecule has 0 saturated carbocycles. The van der Waals surface area contributed by atoms with Crippen LogP contribution >= 0.6 is 0 Å². The van der Waals surface area contributed by atoms with Gasteiger partial charge < -0.3 is 4.74 Å². The van der Waals surface area contributed by atoms with Gasteiger partial charge in [-0.1, -0.05) is 29.8 Å². The average molecular weight is 176 g/mol. The molecule has 1 aromatic carbocycles. The first-order valence-corrected chi connectivity index (χ1v) is 4.43. The SMILES string of the molecule is COC(=C(C)C)c1ccc(C)cc1. The Morgan fingerprint density at radius 1 is 1.08 bits per heavy atom. The molecule has 0 aliphatic rings. The van der Waals surface area contributed by atoms with Crippen molar-refractivity contribution in [3.8, 4) is 0 Å². The van der Waals surface area contributed by atoms with Crippen LogP contribution in [0.25, 0.3) is 5.76 Å². The Morgan fingerprint density at radius 2 is 1.62 bits per heavy atom. The zero-order valence-corrected chi connectivity index (χ0v) is 8.72. The summed E-state index contributed by atoms with van der Waals surface area (Å²) in [5.41, 5.74) is 3.62. The fourth-order valence-corrected chi connectivity index (χ4v) is 1.32. The molecule has 1 heteroatoms. The van der Waals surface area contributed by atoms with Gasteiger partial charge in [-0.05, 0) is 26.3 Å². The Bertz CT molecular complexity index is 302. The van der Waals surface area contributed by atoms with E-state index in [1.807, 2.05) is 0 Å². The summed E-state index contributed by atoms with van der Waals surface area (Å²) in [4.78, 5) is 0. The van der Waals surface area contributed by atoms with Crippen LogP contribution in [0.1, 0.15) is 25.0 Å². The van der Waals surface area contributed by atoms with Crippen LogP contribution in [-0.2, 0) is 4.74 Å². The van der Waals surface area contributed by atoms with Gasteiger partial charge in [0.1, 0.15) is 5.76 Å². The molecule has 0 heterocycles. The summed E-state index contributed by atoms with van der Waals surface area (Å²) in [5.74, 6) is 0.972. The summed E-state index contributed by atoms with van der Waals surface area (Å²) in [6, 6.07) is 8.36. The quantitative estimate of drug-likeness (QED) is 0.627. The first-order chi connectivity index (χ1) is 6.15. The second-order valence-corrected chi connectivity index (χ2v) is 3.40. The Balaban J connectivity index is 3.07. The minimum Gasteiger partial charge on any atom is -0.496 e. The number of hydrogen-bond donors (Lipinski definition) is 0. The summed E-state index contributed by atoms with van der Waals surface area (Å²) in [6.45, 7) is 6.19. The van der Waals surface area contributed by atoms with Crippen molar-refractivity contribution in [2.75, 3.05) is 7.11 Å². The van der Waals surface area contributed by atoms with E-state index >= 15 is 0 Å². The highest BCUT2D eigenvalue weighted by Gasteiger charge is 2.01. The number of aryl methyl sites for hydroxylation is 1. The second-order valence-electron chi connectivity index (χ2n) is 3.40. The van der Waals surface area contributed by atoms with Crippen molar-refractivity contribution in [3.05, 3.63) is 41.0 Å². The zero-order valence-electron chi connectivity index (χ0n) is 8.72. The fourth-order valence-electron chi connectivity index (χ4n) is 1.32. The van der Waals surface area contributed by atoms with Crippen LogP contribution in [0.5, 0.6) is 0 Å². The summed E-state index contributed by atoms with van der Waals surface area (Å²) in [7, 11) is 1.71. The maximum atomic E-state index is 5.32. The first-order valence-electron chi connectivity index (χ1n) is 4.43. The first kappa shape index (κ1) is 9.85. The topological polar surface area (TPSA) is 9.23 Å². The number of benzene rings is 1. The molecule has 1 rings (SSSR count). The van der Waals surface area contributed by atoms with E-state index in [0.717, 1.165) is 11.3 Å². The molecule has 0 bridgehead atoms. The van der Waals surface area contributed by atoms with Crippen LogP contribution in [0.4, 0.5) is 0 Å². The van der Waals surface area contributed by atoms with Gasteiger partial charge in [-0.3, -0.25) is 0 Å². The number of hydrogen-bond acceptors (Lipinski definition) is 1. The van der Waals surface area contributed by atoms with Crippen LogP contribution in [0.3, 0.4) is 0 Å². The minimum absolute atomic E-state index is 0.972. The van der Waals surface area contributed by atoms with Crippen molar-refractivity contribution in [2.45, 2.75) is 20.8 Å². The van der Waals surface area contributed by atoms with Crippen molar-refractivity contribution < 1.29 is 4.74 Å². The number of methoxy groups -OCH3 is 1. The molecule has 0 aliphatic heterocycles. The van der Waals surface area contributed by atoms with Gasteiger partial charge in [0.15, 0.2) is 0 Å². The third-order valence-corrected chi connectivity index (χ3v) is 1.97. The zero-order chi connectivity index (χ0) is 9.84. The lowest BCUT2D eigenvalue weighted by Crippen LogP contribution is -1.89. The highest BCUT2D eigenvalue weighted by molar-refractivity contribution is 5.62. The summed E-state index contributed by atoms with van der Waals surface area (Å²) >= 11 is 0. The van der Waals surface area contributed by atoms with Gasteiger partial charge in [0, 0.05) is 5.56 Å². The molecule has 0 N–H and O–H groups in total. The lowest BCUT2D eigenvalue weighted by atomic mass is 10.1. The molecule has 13 heavy (non-hydrogen) atoms. The Hall–Kier alpha value is -1.24. The van der Waals surface area contributed by atoms with Crippen LogP contribution in [0.2, 0.25) is 0 Å². The average Bonchev–Trinajstić information content (AvgIpc) is 2.09. The van der Waals surface area contributed by atoms with Crippen molar-refractivity contribution in [1.29, 1.82) is 0 Å². The summed E-state index contributed by atoms with van der Waals surface area (Å²) in [5, 5.41) is 0. The van der Waals surface area contributed by atoms with Gasteiger partial charge in [0.2, 0.25) is 0 Å². The smallest absolute Gasteiger partial charge is 0.124 e. The van der Waals surface area contributed by atoms with Gasteiger partial charge in [-0.15, -0.1) is 0 Å². The van der Waals surface area contributed by atoms with E-state index in [0.29, 0.717) is 0 Å². The highest BCUT2D eigenvalue weighted by atomic mass is 16.5. The molecule has 0 saturated heterocycles. The van der Waals surface area contributed by atoms with Crippen LogP contribution in [-0.4, -0.2) is 7.11 Å². The van der Waals surface area contributed by atoms with Crippen molar-refractivity contribution in [2.24, 2.45) is 0 Å².